The van der Waals surface area contributed by atoms with Crippen molar-refractivity contribution in [3.05, 3.63) is 83.7 Å². The van der Waals surface area contributed by atoms with E-state index in [1.54, 1.807) is 30.3 Å². The van der Waals surface area contributed by atoms with Crippen LogP contribution in [0.3, 0.4) is 0 Å². The monoisotopic (exact) mass is 452 g/mol. The molecule has 1 aliphatic heterocycles. The first-order chi connectivity index (χ1) is 16.1. The van der Waals surface area contributed by atoms with E-state index >= 15 is 0 Å². The van der Waals surface area contributed by atoms with Gasteiger partial charge in [0, 0.05) is 45.1 Å². The molecule has 174 valence electrons. The van der Waals surface area contributed by atoms with Gasteiger partial charge in [0.1, 0.15) is 17.4 Å². The van der Waals surface area contributed by atoms with Crippen LogP contribution >= 0.6 is 0 Å². The highest BCUT2D eigenvalue weighted by atomic mass is 19.1. The fourth-order valence-electron chi connectivity index (χ4n) is 3.88. The van der Waals surface area contributed by atoms with Gasteiger partial charge in [0.2, 0.25) is 0 Å². The average molecular weight is 453 g/mol. The van der Waals surface area contributed by atoms with Gasteiger partial charge in [-0.2, -0.15) is 0 Å². The molecule has 1 fully saturated rings. The first-order valence-electron chi connectivity index (χ1n) is 11.1. The number of hydrogen-bond donors (Lipinski definition) is 0. The molecular weight excluding hydrogens is 423 g/mol. The number of carbonyl (C=O) groups excluding carboxylic acids is 1. The van der Waals surface area contributed by atoms with Gasteiger partial charge in [-0.05, 0) is 29.8 Å². The van der Waals surface area contributed by atoms with E-state index in [1.807, 2.05) is 35.0 Å². The van der Waals surface area contributed by atoms with Gasteiger partial charge in [0.15, 0.2) is 0 Å². The minimum absolute atomic E-state index is 0.0766. The van der Waals surface area contributed by atoms with Crippen molar-refractivity contribution < 1.29 is 18.7 Å². The Morgan fingerprint density at radius 2 is 1.91 bits per heavy atom. The number of amides is 1. The lowest BCUT2D eigenvalue weighted by atomic mass is 10.1. The molecule has 1 saturated heterocycles. The molecule has 0 aliphatic carbocycles. The Morgan fingerprint density at radius 1 is 1.15 bits per heavy atom. The van der Waals surface area contributed by atoms with Crippen LogP contribution in [0.2, 0.25) is 0 Å². The highest BCUT2D eigenvalue weighted by molar-refractivity contribution is 5.94. The van der Waals surface area contributed by atoms with Crippen molar-refractivity contribution >= 4 is 5.91 Å². The third kappa shape index (κ3) is 5.97. The molecule has 3 aromatic rings. The number of nitrogens with zero attached hydrogens (tertiary/aromatic N) is 4. The predicted octanol–water partition coefficient (Wildman–Crippen LogP) is 3.05. The summed E-state index contributed by atoms with van der Waals surface area (Å²) in [6.07, 6.45) is 3.62. The maximum atomic E-state index is 14.4. The molecule has 2 heterocycles. The summed E-state index contributed by atoms with van der Waals surface area (Å²) in [6, 6.07) is 14.0. The quantitative estimate of drug-likeness (QED) is 0.500. The summed E-state index contributed by atoms with van der Waals surface area (Å²) < 4.78 is 27.1. The second-order valence-corrected chi connectivity index (χ2v) is 7.98. The SMILES string of the molecule is COc1ccc(Cn2ccnc2CN(CCN2CCOCC2)C(=O)c2ccccc2F)cc1. The molecule has 4 rings (SSSR count). The van der Waals surface area contributed by atoms with E-state index in [1.165, 1.54) is 12.1 Å². The highest BCUT2D eigenvalue weighted by Gasteiger charge is 2.22. The van der Waals surface area contributed by atoms with Crippen molar-refractivity contribution in [2.45, 2.75) is 13.1 Å². The summed E-state index contributed by atoms with van der Waals surface area (Å²) in [7, 11) is 1.64. The molecule has 0 saturated carbocycles. The van der Waals surface area contributed by atoms with Gasteiger partial charge in [0.25, 0.3) is 5.91 Å². The lowest BCUT2D eigenvalue weighted by Gasteiger charge is -2.30. The molecule has 8 heteroatoms. The molecule has 7 nitrogen and oxygen atoms in total. The predicted molar refractivity (Wildman–Crippen MR) is 123 cm³/mol. The van der Waals surface area contributed by atoms with Crippen LogP contribution in [0.4, 0.5) is 4.39 Å². The van der Waals surface area contributed by atoms with Gasteiger partial charge < -0.3 is 18.9 Å². The number of aromatic nitrogens is 2. The van der Waals surface area contributed by atoms with Gasteiger partial charge in [-0.1, -0.05) is 24.3 Å². The molecular formula is C25H29FN4O3. The van der Waals surface area contributed by atoms with Crippen molar-refractivity contribution in [1.29, 1.82) is 0 Å². The maximum absolute atomic E-state index is 14.4. The molecule has 0 spiro atoms. The topological polar surface area (TPSA) is 59.8 Å². The first-order valence-corrected chi connectivity index (χ1v) is 11.1. The molecule has 0 unspecified atom stereocenters. The zero-order chi connectivity index (χ0) is 23.0. The summed E-state index contributed by atoms with van der Waals surface area (Å²) in [5.74, 6) is 0.702. The van der Waals surface area contributed by atoms with E-state index in [0.29, 0.717) is 39.4 Å². The maximum Gasteiger partial charge on any atom is 0.257 e. The smallest absolute Gasteiger partial charge is 0.257 e. The Hall–Kier alpha value is -3.23. The third-order valence-electron chi connectivity index (χ3n) is 5.83. The number of hydrogen-bond acceptors (Lipinski definition) is 5. The normalized spacial score (nSPS) is 14.2. The number of halogens is 1. The van der Waals surface area contributed by atoms with Crippen LogP contribution < -0.4 is 4.74 Å². The summed E-state index contributed by atoms with van der Waals surface area (Å²) in [5.41, 5.74) is 1.17. The first kappa shape index (κ1) is 22.9. The number of rotatable bonds is 9. The van der Waals surface area contributed by atoms with Crippen molar-refractivity contribution in [3.8, 4) is 5.75 Å². The van der Waals surface area contributed by atoms with Crippen molar-refractivity contribution in [1.82, 2.24) is 19.4 Å². The van der Waals surface area contributed by atoms with Gasteiger partial charge in [-0.25, -0.2) is 9.37 Å². The summed E-state index contributed by atoms with van der Waals surface area (Å²) in [4.78, 5) is 21.7. The summed E-state index contributed by atoms with van der Waals surface area (Å²) >= 11 is 0. The van der Waals surface area contributed by atoms with E-state index in [2.05, 4.69) is 9.88 Å². The van der Waals surface area contributed by atoms with Gasteiger partial charge in [-0.15, -0.1) is 0 Å². The second kappa shape index (κ2) is 11.1. The minimum atomic E-state index is -0.513. The van der Waals surface area contributed by atoms with Gasteiger partial charge in [0.05, 0.1) is 32.4 Å². The molecule has 1 aromatic heterocycles. The fraction of sp³-hybridized carbons (Fsp3) is 0.360. The van der Waals surface area contributed by atoms with Crippen molar-refractivity contribution in [3.63, 3.8) is 0 Å². The molecule has 1 amide bonds. The Morgan fingerprint density at radius 3 is 2.64 bits per heavy atom. The van der Waals surface area contributed by atoms with Crippen molar-refractivity contribution in [2.24, 2.45) is 0 Å². The van der Waals surface area contributed by atoms with E-state index in [9.17, 15) is 9.18 Å². The number of carbonyl (C=O) groups is 1. The van der Waals surface area contributed by atoms with E-state index in [0.717, 1.165) is 30.2 Å². The fourth-order valence-corrected chi connectivity index (χ4v) is 3.88. The number of morpholine rings is 1. The molecule has 0 bridgehead atoms. The molecule has 33 heavy (non-hydrogen) atoms. The summed E-state index contributed by atoms with van der Waals surface area (Å²) in [5, 5.41) is 0. The minimum Gasteiger partial charge on any atom is -0.497 e. The Bertz CT molecular complexity index is 1050. The molecule has 0 radical (unpaired) electrons. The Labute approximate surface area is 193 Å². The van der Waals surface area contributed by atoms with E-state index in [-0.39, 0.29) is 11.5 Å². The van der Waals surface area contributed by atoms with Crippen LogP contribution in [0.5, 0.6) is 5.75 Å². The lowest BCUT2D eigenvalue weighted by molar-refractivity contribution is 0.0318. The van der Waals surface area contributed by atoms with Crippen LogP contribution in [0.15, 0.2) is 60.9 Å². The van der Waals surface area contributed by atoms with E-state index in [4.69, 9.17) is 9.47 Å². The number of ether oxygens (including phenoxy) is 2. The second-order valence-electron chi connectivity index (χ2n) is 7.98. The molecule has 1 aliphatic rings. The Balaban J connectivity index is 1.51. The van der Waals surface area contributed by atoms with Crippen LogP contribution in [0.1, 0.15) is 21.7 Å². The number of benzene rings is 2. The van der Waals surface area contributed by atoms with Gasteiger partial charge >= 0.3 is 0 Å². The zero-order valence-electron chi connectivity index (χ0n) is 18.8. The van der Waals surface area contributed by atoms with Crippen LogP contribution in [0, 0.1) is 5.82 Å². The van der Waals surface area contributed by atoms with E-state index < -0.39 is 5.82 Å². The standard InChI is InChI=1S/C25H29FN4O3/c1-32-21-8-6-20(7-9-21)18-29-11-10-27-24(29)19-30(13-12-28-14-16-33-17-15-28)25(31)22-4-2-3-5-23(22)26/h2-11H,12-19H2,1H3. The van der Waals surface area contributed by atoms with Crippen LogP contribution in [-0.2, 0) is 17.8 Å². The third-order valence-corrected chi connectivity index (χ3v) is 5.83. The molecule has 0 atom stereocenters. The average Bonchev–Trinajstić information content (AvgIpc) is 3.29. The number of imidazole rings is 1. The summed E-state index contributed by atoms with van der Waals surface area (Å²) in [6.45, 7) is 5.11. The van der Waals surface area contributed by atoms with Gasteiger partial charge in [-0.3, -0.25) is 9.69 Å². The highest BCUT2D eigenvalue weighted by Crippen LogP contribution is 2.16. The zero-order valence-corrected chi connectivity index (χ0v) is 18.8. The largest absolute Gasteiger partial charge is 0.497 e. The molecule has 0 N–H and O–H groups in total. The Kier molecular flexibility index (Phi) is 7.70. The van der Waals surface area contributed by atoms with Crippen LogP contribution in [-0.4, -0.2) is 71.8 Å². The number of methoxy groups -OCH3 is 1. The van der Waals surface area contributed by atoms with Crippen LogP contribution in [0.25, 0.3) is 0 Å². The molecule has 2 aromatic carbocycles. The van der Waals surface area contributed by atoms with Crippen molar-refractivity contribution in [2.75, 3.05) is 46.5 Å². The lowest BCUT2D eigenvalue weighted by Crippen LogP contribution is -2.43.